The van der Waals surface area contributed by atoms with Gasteiger partial charge in [-0.05, 0) is 31.0 Å². The highest BCUT2D eigenvalue weighted by Gasteiger charge is 2.17. The van der Waals surface area contributed by atoms with Crippen molar-refractivity contribution in [3.63, 3.8) is 0 Å². The molecule has 0 fully saturated rings. The van der Waals surface area contributed by atoms with E-state index in [1.807, 2.05) is 16.9 Å². The minimum absolute atomic E-state index is 0.111. The fourth-order valence-electron chi connectivity index (χ4n) is 2.35. The van der Waals surface area contributed by atoms with Crippen LogP contribution in [0.3, 0.4) is 0 Å². The highest BCUT2D eigenvalue weighted by atomic mass is 35.5. The molecule has 0 saturated heterocycles. The highest BCUT2D eigenvalue weighted by molar-refractivity contribution is 6.39. The normalized spacial score (nSPS) is 11.1. The molecule has 0 N–H and O–H groups in total. The summed E-state index contributed by atoms with van der Waals surface area (Å²) in [5.74, 6) is -0.111. The number of carbonyl (C=O) groups excluding carboxylic acids is 1. The minimum Gasteiger partial charge on any atom is -0.294 e. The zero-order valence-corrected chi connectivity index (χ0v) is 13.7. The summed E-state index contributed by atoms with van der Waals surface area (Å²) in [4.78, 5) is 12.4. The number of halogens is 2. The predicted octanol–water partition coefficient (Wildman–Crippen LogP) is 4.98. The van der Waals surface area contributed by atoms with Crippen molar-refractivity contribution in [3.05, 3.63) is 51.8 Å². The van der Waals surface area contributed by atoms with E-state index in [0.29, 0.717) is 21.7 Å². The zero-order chi connectivity index (χ0) is 15.4. The number of carbonyl (C=O) groups is 1. The number of Topliss-reactive ketones (excluding diaryl/α,β-unsaturated/α-hetero) is 1. The van der Waals surface area contributed by atoms with Crippen molar-refractivity contribution in [2.24, 2.45) is 0 Å². The molecule has 112 valence electrons. The lowest BCUT2D eigenvalue weighted by molar-refractivity contribution is 0.0992. The molecule has 0 aliphatic heterocycles. The minimum atomic E-state index is -0.111. The molecule has 5 heteroatoms. The molecule has 0 unspecified atom stereocenters. The molecular formula is C16H18Cl2N2O. The molecule has 0 amide bonds. The predicted molar refractivity (Wildman–Crippen MR) is 86.3 cm³/mol. The van der Waals surface area contributed by atoms with Crippen molar-refractivity contribution in [2.45, 2.75) is 39.2 Å². The molecule has 0 aliphatic rings. The van der Waals surface area contributed by atoms with Gasteiger partial charge >= 0.3 is 0 Å². The van der Waals surface area contributed by atoms with E-state index in [1.54, 1.807) is 18.2 Å². The summed E-state index contributed by atoms with van der Waals surface area (Å²) in [6.45, 7) is 4.26. The van der Waals surface area contributed by atoms with E-state index in [2.05, 4.69) is 18.9 Å². The summed E-state index contributed by atoms with van der Waals surface area (Å²) in [5.41, 5.74) is 1.11. The fourth-order valence-corrected chi connectivity index (χ4v) is 2.96. The van der Waals surface area contributed by atoms with Crippen molar-refractivity contribution in [3.8, 4) is 0 Å². The lowest BCUT2D eigenvalue weighted by atomic mass is 10.1. The van der Waals surface area contributed by atoms with Gasteiger partial charge in [-0.1, -0.05) is 43.1 Å². The van der Waals surface area contributed by atoms with Crippen molar-refractivity contribution >= 4 is 29.0 Å². The average molecular weight is 325 g/mol. The van der Waals surface area contributed by atoms with Gasteiger partial charge in [-0.3, -0.25) is 9.48 Å². The molecule has 0 bridgehead atoms. The second kappa shape index (κ2) is 7.10. The lowest BCUT2D eigenvalue weighted by Crippen LogP contribution is -2.10. The van der Waals surface area contributed by atoms with Gasteiger partial charge in [0.2, 0.25) is 0 Å². The molecule has 1 aromatic carbocycles. The molecule has 2 aromatic rings. The molecule has 1 aromatic heterocycles. The molecule has 2 rings (SSSR count). The van der Waals surface area contributed by atoms with Crippen LogP contribution in [-0.4, -0.2) is 15.6 Å². The molecule has 3 nitrogen and oxygen atoms in total. The maximum atomic E-state index is 12.4. The van der Waals surface area contributed by atoms with Gasteiger partial charge in [-0.15, -0.1) is 0 Å². The largest absolute Gasteiger partial charge is 0.294 e. The summed E-state index contributed by atoms with van der Waals surface area (Å²) in [6.07, 6.45) is 4.16. The number of benzene rings is 1. The SMILES string of the molecule is CCC(CC)n1ccc(CC(=O)c2c(Cl)cccc2Cl)n1. The number of rotatable bonds is 6. The third kappa shape index (κ3) is 3.66. The van der Waals surface area contributed by atoms with E-state index >= 15 is 0 Å². The summed E-state index contributed by atoms with van der Waals surface area (Å²) in [6, 6.07) is 7.31. The third-order valence-corrected chi connectivity index (χ3v) is 4.19. The number of hydrogen-bond acceptors (Lipinski definition) is 2. The first kappa shape index (κ1) is 16.1. The first-order valence-electron chi connectivity index (χ1n) is 7.08. The van der Waals surface area contributed by atoms with Gasteiger partial charge in [-0.25, -0.2) is 0 Å². The Balaban J connectivity index is 2.17. The van der Waals surface area contributed by atoms with Gasteiger partial charge in [0, 0.05) is 6.20 Å². The van der Waals surface area contributed by atoms with E-state index in [-0.39, 0.29) is 12.2 Å². The van der Waals surface area contributed by atoms with E-state index in [9.17, 15) is 4.79 Å². The second-order valence-electron chi connectivity index (χ2n) is 4.95. The zero-order valence-electron chi connectivity index (χ0n) is 12.1. The molecular weight excluding hydrogens is 307 g/mol. The summed E-state index contributed by atoms with van der Waals surface area (Å²) in [7, 11) is 0. The first-order chi connectivity index (χ1) is 10.1. The van der Waals surface area contributed by atoms with Gasteiger partial charge in [0.15, 0.2) is 5.78 Å². The Kier molecular flexibility index (Phi) is 5.43. The molecule has 0 radical (unpaired) electrons. The molecule has 21 heavy (non-hydrogen) atoms. The Bertz CT molecular complexity index is 613. The van der Waals surface area contributed by atoms with Crippen molar-refractivity contribution in [1.82, 2.24) is 9.78 Å². The van der Waals surface area contributed by atoms with E-state index in [1.165, 1.54) is 0 Å². The number of hydrogen-bond donors (Lipinski definition) is 0. The van der Waals surface area contributed by atoms with Crippen LogP contribution in [0.25, 0.3) is 0 Å². The van der Waals surface area contributed by atoms with Gasteiger partial charge in [-0.2, -0.15) is 5.10 Å². The Morgan fingerprint density at radius 2 is 1.81 bits per heavy atom. The highest BCUT2D eigenvalue weighted by Crippen LogP contribution is 2.25. The number of ketones is 1. The average Bonchev–Trinajstić information content (AvgIpc) is 2.88. The number of aromatic nitrogens is 2. The van der Waals surface area contributed by atoms with Crippen LogP contribution in [0.15, 0.2) is 30.5 Å². The van der Waals surface area contributed by atoms with Crippen LogP contribution in [0.1, 0.15) is 48.8 Å². The monoisotopic (exact) mass is 324 g/mol. The summed E-state index contributed by atoms with van der Waals surface area (Å²) in [5, 5.41) is 5.25. The third-order valence-electron chi connectivity index (χ3n) is 3.56. The Labute approximate surface area is 134 Å². The first-order valence-corrected chi connectivity index (χ1v) is 7.83. The van der Waals surface area contributed by atoms with Gasteiger partial charge in [0.1, 0.15) is 0 Å². The molecule has 0 aliphatic carbocycles. The number of nitrogens with zero attached hydrogens (tertiary/aromatic N) is 2. The molecule has 0 saturated carbocycles. The molecule has 0 atom stereocenters. The van der Waals surface area contributed by atoms with Crippen molar-refractivity contribution in [2.75, 3.05) is 0 Å². The standard InChI is InChI=1S/C16H18Cl2N2O/c1-3-12(4-2)20-9-8-11(19-20)10-15(21)16-13(17)6-5-7-14(16)18/h5-9,12H,3-4,10H2,1-2H3. The Morgan fingerprint density at radius 1 is 1.19 bits per heavy atom. The van der Waals surface area contributed by atoms with Crippen LogP contribution in [0.4, 0.5) is 0 Å². The van der Waals surface area contributed by atoms with Gasteiger partial charge < -0.3 is 0 Å². The van der Waals surface area contributed by atoms with Crippen LogP contribution < -0.4 is 0 Å². The van der Waals surface area contributed by atoms with E-state index in [4.69, 9.17) is 23.2 Å². The van der Waals surface area contributed by atoms with E-state index < -0.39 is 0 Å². The lowest BCUT2D eigenvalue weighted by Gasteiger charge is -2.12. The Morgan fingerprint density at radius 3 is 2.38 bits per heavy atom. The fraction of sp³-hybridized carbons (Fsp3) is 0.375. The van der Waals surface area contributed by atoms with E-state index in [0.717, 1.165) is 18.5 Å². The van der Waals surface area contributed by atoms with Crippen LogP contribution in [-0.2, 0) is 6.42 Å². The summed E-state index contributed by atoms with van der Waals surface area (Å²) < 4.78 is 1.93. The molecule has 1 heterocycles. The molecule has 0 spiro atoms. The smallest absolute Gasteiger partial charge is 0.171 e. The topological polar surface area (TPSA) is 34.9 Å². The van der Waals surface area contributed by atoms with Crippen LogP contribution in [0, 0.1) is 0 Å². The van der Waals surface area contributed by atoms with Gasteiger partial charge in [0.05, 0.1) is 33.8 Å². The van der Waals surface area contributed by atoms with Gasteiger partial charge in [0.25, 0.3) is 0 Å². The van der Waals surface area contributed by atoms with Crippen molar-refractivity contribution in [1.29, 1.82) is 0 Å². The maximum Gasteiger partial charge on any atom is 0.171 e. The van der Waals surface area contributed by atoms with Crippen LogP contribution in [0.2, 0.25) is 10.0 Å². The second-order valence-corrected chi connectivity index (χ2v) is 5.77. The summed E-state index contributed by atoms with van der Waals surface area (Å²) >= 11 is 12.1. The van der Waals surface area contributed by atoms with Crippen LogP contribution >= 0.6 is 23.2 Å². The maximum absolute atomic E-state index is 12.4. The van der Waals surface area contributed by atoms with Crippen molar-refractivity contribution < 1.29 is 4.79 Å². The van der Waals surface area contributed by atoms with Crippen LogP contribution in [0.5, 0.6) is 0 Å². The Hall–Kier alpha value is -1.32. The quantitative estimate of drug-likeness (QED) is 0.702.